The van der Waals surface area contributed by atoms with Crippen molar-refractivity contribution in [2.24, 2.45) is 17.8 Å². The van der Waals surface area contributed by atoms with Crippen molar-refractivity contribution in [3.63, 3.8) is 0 Å². The second-order valence-corrected chi connectivity index (χ2v) is 8.68. The molecule has 0 unspecified atom stereocenters. The van der Waals surface area contributed by atoms with Gasteiger partial charge in [0.05, 0.1) is 17.7 Å². The quantitative estimate of drug-likeness (QED) is 0.396. The lowest BCUT2D eigenvalue weighted by Gasteiger charge is -2.36. The van der Waals surface area contributed by atoms with E-state index >= 15 is 0 Å². The molecule has 0 aromatic heterocycles. The molecular weight excluding hydrogens is 340 g/mol. The van der Waals surface area contributed by atoms with Gasteiger partial charge >= 0.3 is 0 Å². The second-order valence-electron chi connectivity index (χ2n) is 8.68. The van der Waals surface area contributed by atoms with Crippen LogP contribution in [0.1, 0.15) is 81.3 Å². The lowest BCUT2D eigenvalue weighted by Crippen LogP contribution is -2.22. The predicted molar refractivity (Wildman–Crippen MR) is 114 cm³/mol. The number of allylic oxidation sites excluding steroid dienone is 3. The van der Waals surface area contributed by atoms with Gasteiger partial charge in [-0.15, -0.1) is 0 Å². The summed E-state index contributed by atoms with van der Waals surface area (Å²) in [5, 5.41) is 17.5. The maximum Gasteiger partial charge on any atom is 0.0991 e. The van der Waals surface area contributed by atoms with Crippen molar-refractivity contribution in [3.05, 3.63) is 59.7 Å². The van der Waals surface area contributed by atoms with Crippen LogP contribution in [0.4, 0.5) is 0 Å². The third kappa shape index (κ3) is 5.36. The van der Waals surface area contributed by atoms with E-state index in [1.54, 1.807) is 6.08 Å². The zero-order valence-corrected chi connectivity index (χ0v) is 16.9. The SMILES string of the molecule is C=C([C@H]1CC[C@H](CC/C=C/C#N)CC1)[C@H]1CC[C@H](c2ccc(C#N)cc2)CC1. The van der Waals surface area contributed by atoms with E-state index in [1.807, 2.05) is 18.2 Å². The Morgan fingerprint density at radius 2 is 1.54 bits per heavy atom. The number of nitriles is 2. The molecule has 28 heavy (non-hydrogen) atoms. The Morgan fingerprint density at radius 3 is 2.11 bits per heavy atom. The number of rotatable bonds is 6. The fourth-order valence-electron chi connectivity index (χ4n) is 5.25. The van der Waals surface area contributed by atoms with Crippen molar-refractivity contribution in [2.45, 2.75) is 70.1 Å². The first kappa shape index (κ1) is 20.4. The minimum absolute atomic E-state index is 0.647. The monoisotopic (exact) mass is 372 g/mol. The van der Waals surface area contributed by atoms with Crippen molar-refractivity contribution in [2.75, 3.05) is 0 Å². The summed E-state index contributed by atoms with van der Waals surface area (Å²) in [5.74, 6) is 2.91. The van der Waals surface area contributed by atoms with Crippen LogP contribution in [0.3, 0.4) is 0 Å². The second kappa shape index (κ2) is 10.3. The van der Waals surface area contributed by atoms with Gasteiger partial charge in [0.2, 0.25) is 0 Å². The maximum atomic E-state index is 8.96. The number of nitrogens with zero attached hydrogens (tertiary/aromatic N) is 2. The Morgan fingerprint density at radius 1 is 0.929 bits per heavy atom. The fourth-order valence-corrected chi connectivity index (χ4v) is 5.25. The molecule has 0 aliphatic heterocycles. The summed E-state index contributed by atoms with van der Waals surface area (Å²) >= 11 is 0. The van der Waals surface area contributed by atoms with Gasteiger partial charge in [0.1, 0.15) is 0 Å². The van der Waals surface area contributed by atoms with Crippen LogP contribution in [0, 0.1) is 40.4 Å². The first-order valence-electron chi connectivity index (χ1n) is 10.9. The van der Waals surface area contributed by atoms with E-state index in [1.165, 1.54) is 68.9 Å². The number of benzene rings is 1. The van der Waals surface area contributed by atoms with Crippen LogP contribution >= 0.6 is 0 Å². The van der Waals surface area contributed by atoms with Gasteiger partial charge in [-0.1, -0.05) is 30.4 Å². The molecule has 3 rings (SSSR count). The average molecular weight is 373 g/mol. The van der Waals surface area contributed by atoms with Gasteiger partial charge < -0.3 is 0 Å². The molecular formula is C26H32N2. The highest BCUT2D eigenvalue weighted by Gasteiger charge is 2.29. The van der Waals surface area contributed by atoms with Crippen molar-refractivity contribution < 1.29 is 0 Å². The Balaban J connectivity index is 1.42. The van der Waals surface area contributed by atoms with Gasteiger partial charge in [0.15, 0.2) is 0 Å². The van der Waals surface area contributed by atoms with E-state index in [9.17, 15) is 0 Å². The summed E-state index contributed by atoms with van der Waals surface area (Å²) in [6.07, 6.45) is 16.2. The molecule has 1 aromatic rings. The molecule has 2 heteroatoms. The third-order valence-electron chi connectivity index (χ3n) is 7.07. The van der Waals surface area contributed by atoms with Gasteiger partial charge in [-0.25, -0.2) is 0 Å². The zero-order chi connectivity index (χ0) is 19.8. The van der Waals surface area contributed by atoms with Gasteiger partial charge in [-0.2, -0.15) is 10.5 Å². The van der Waals surface area contributed by atoms with Gasteiger partial charge in [0.25, 0.3) is 0 Å². The molecule has 2 aliphatic carbocycles. The predicted octanol–water partition coefficient (Wildman–Crippen LogP) is 7.05. The molecule has 2 saturated carbocycles. The van der Waals surface area contributed by atoms with Crippen LogP contribution in [-0.2, 0) is 0 Å². The molecule has 0 bridgehead atoms. The third-order valence-corrected chi connectivity index (χ3v) is 7.07. The van der Waals surface area contributed by atoms with Crippen LogP contribution in [0.5, 0.6) is 0 Å². The number of hydrogen-bond donors (Lipinski definition) is 0. The highest BCUT2D eigenvalue weighted by Crippen LogP contribution is 2.44. The lowest BCUT2D eigenvalue weighted by molar-refractivity contribution is 0.260. The molecule has 0 spiro atoms. The van der Waals surface area contributed by atoms with Gasteiger partial charge in [-0.05, 0) is 106 Å². The molecule has 0 saturated heterocycles. The Labute approximate surface area is 170 Å². The molecule has 0 heterocycles. The first-order chi connectivity index (χ1) is 13.7. The molecule has 0 N–H and O–H groups in total. The lowest BCUT2D eigenvalue weighted by atomic mass is 9.69. The zero-order valence-electron chi connectivity index (χ0n) is 16.9. The minimum atomic E-state index is 0.647. The Hall–Kier alpha value is -2.32. The molecule has 2 aliphatic rings. The van der Waals surface area contributed by atoms with Crippen LogP contribution in [0.2, 0.25) is 0 Å². The molecule has 0 amide bonds. The van der Waals surface area contributed by atoms with Crippen LogP contribution in [0.25, 0.3) is 0 Å². The topological polar surface area (TPSA) is 47.6 Å². The first-order valence-corrected chi connectivity index (χ1v) is 10.9. The summed E-state index contributed by atoms with van der Waals surface area (Å²) in [6.45, 7) is 4.55. The summed E-state index contributed by atoms with van der Waals surface area (Å²) in [4.78, 5) is 0. The van der Waals surface area contributed by atoms with Crippen molar-refractivity contribution in [1.82, 2.24) is 0 Å². The summed E-state index contributed by atoms with van der Waals surface area (Å²) in [7, 11) is 0. The molecule has 0 atom stereocenters. The van der Waals surface area contributed by atoms with Gasteiger partial charge in [0, 0.05) is 6.08 Å². The van der Waals surface area contributed by atoms with E-state index in [0.717, 1.165) is 23.8 Å². The van der Waals surface area contributed by atoms with E-state index in [2.05, 4.69) is 30.9 Å². The van der Waals surface area contributed by atoms with E-state index < -0.39 is 0 Å². The van der Waals surface area contributed by atoms with E-state index in [0.29, 0.717) is 11.8 Å². The molecule has 2 nitrogen and oxygen atoms in total. The van der Waals surface area contributed by atoms with E-state index in [4.69, 9.17) is 10.5 Å². The van der Waals surface area contributed by atoms with Crippen LogP contribution in [0.15, 0.2) is 48.6 Å². The highest BCUT2D eigenvalue weighted by atomic mass is 14.3. The van der Waals surface area contributed by atoms with E-state index in [-0.39, 0.29) is 0 Å². The van der Waals surface area contributed by atoms with Crippen molar-refractivity contribution >= 4 is 0 Å². The van der Waals surface area contributed by atoms with Crippen molar-refractivity contribution in [1.29, 1.82) is 10.5 Å². The number of hydrogen-bond acceptors (Lipinski definition) is 2. The average Bonchev–Trinajstić information content (AvgIpc) is 2.77. The smallest absolute Gasteiger partial charge is 0.0991 e. The highest BCUT2D eigenvalue weighted by molar-refractivity contribution is 5.33. The molecule has 1 aromatic carbocycles. The Bertz CT molecular complexity index is 743. The minimum Gasteiger partial charge on any atom is -0.193 e. The standard InChI is InChI=1S/C26H32N2/c1-20(23-10-6-21(7-11-23)5-3-2-4-18-27)24-14-16-26(17-15-24)25-12-8-22(19-28)9-13-25/h2,4,8-9,12-13,21,23-24,26H,1,3,5-7,10-11,14-17H2/b4-2+/t21-,23-,24-,26-. The van der Waals surface area contributed by atoms with Crippen LogP contribution in [-0.4, -0.2) is 0 Å². The van der Waals surface area contributed by atoms with Crippen molar-refractivity contribution in [3.8, 4) is 12.1 Å². The van der Waals surface area contributed by atoms with Gasteiger partial charge in [-0.3, -0.25) is 0 Å². The van der Waals surface area contributed by atoms with Crippen LogP contribution < -0.4 is 0 Å². The normalized spacial score (nSPS) is 27.8. The summed E-state index contributed by atoms with van der Waals surface area (Å²) < 4.78 is 0. The fraction of sp³-hybridized carbons (Fsp3) is 0.538. The summed E-state index contributed by atoms with van der Waals surface area (Å²) in [5.41, 5.74) is 3.68. The Kier molecular flexibility index (Phi) is 7.50. The molecule has 2 fully saturated rings. The maximum absolute atomic E-state index is 8.96. The summed E-state index contributed by atoms with van der Waals surface area (Å²) in [6, 6.07) is 12.5. The molecule has 0 radical (unpaired) electrons. The largest absolute Gasteiger partial charge is 0.193 e. The molecule has 146 valence electrons.